The van der Waals surface area contributed by atoms with Gasteiger partial charge in [0.1, 0.15) is 18.3 Å². The number of rotatable bonds is 17. The summed E-state index contributed by atoms with van der Waals surface area (Å²) in [6, 6.07) is 38.8. The monoisotopic (exact) mass is 1660 g/mol. The molecule has 10 aliphatic rings. The molecule has 6 N–H and O–H groups in total. The van der Waals surface area contributed by atoms with Crippen molar-refractivity contribution in [2.24, 2.45) is 0 Å². The van der Waals surface area contributed by atoms with Gasteiger partial charge in [0.2, 0.25) is 17.6 Å². The molecule has 0 spiro atoms. The molecule has 18 rings (SSSR count). The van der Waals surface area contributed by atoms with Crippen molar-refractivity contribution in [2.45, 2.75) is 103 Å². The van der Waals surface area contributed by atoms with Crippen LogP contribution in [0.4, 0.5) is 17.1 Å². The van der Waals surface area contributed by atoms with Gasteiger partial charge in [-0.2, -0.15) is 0 Å². The Morgan fingerprint density at radius 1 is 0.320 bits per heavy atom. The number of nitrogens with one attached hydrogen (secondary N) is 6. The van der Waals surface area contributed by atoms with Crippen LogP contribution < -0.4 is 60.8 Å². The zero-order chi connectivity index (χ0) is 84.0. The molecule has 0 bridgehead atoms. The zero-order valence-electron chi connectivity index (χ0n) is 71.4. The van der Waals surface area contributed by atoms with Gasteiger partial charge >= 0.3 is 0 Å². The van der Waals surface area contributed by atoms with E-state index in [4.69, 9.17) is 19.2 Å². The quantitative estimate of drug-likeness (QED) is 0.0498. The van der Waals surface area contributed by atoms with Gasteiger partial charge in [0.25, 0.3) is 35.4 Å². The van der Waals surface area contributed by atoms with E-state index in [-0.39, 0.29) is 53.8 Å². The number of amides is 6. The van der Waals surface area contributed by atoms with Crippen LogP contribution in [0.2, 0.25) is 0 Å². The lowest BCUT2D eigenvalue weighted by Gasteiger charge is -2.35. The Bertz CT molecular complexity index is 5000. The Morgan fingerprint density at radius 2 is 0.672 bits per heavy atom. The average molecular weight is 1660 g/mol. The number of pyridine rings is 3. The molecule has 12 heterocycles. The number of anilines is 3. The first kappa shape index (κ1) is 84.8. The van der Waals surface area contributed by atoms with E-state index in [1.54, 1.807) is 18.6 Å². The van der Waals surface area contributed by atoms with Crippen molar-refractivity contribution in [3.05, 3.63) is 195 Å². The van der Waals surface area contributed by atoms with Crippen molar-refractivity contribution in [3.63, 3.8) is 0 Å². The summed E-state index contributed by atoms with van der Waals surface area (Å²) in [5.41, 5.74) is 14.2. The van der Waals surface area contributed by atoms with Crippen LogP contribution in [0.1, 0.15) is 147 Å². The molecule has 5 aromatic carbocycles. The first-order chi connectivity index (χ1) is 59.5. The maximum absolute atomic E-state index is 13.8. The first-order valence-corrected chi connectivity index (χ1v) is 44.6. The van der Waals surface area contributed by atoms with Gasteiger partial charge in [-0.1, -0.05) is 55.7 Å². The average Bonchev–Trinajstić information content (AvgIpc) is 0.897. The zero-order valence-corrected chi connectivity index (χ0v) is 71.4. The van der Waals surface area contributed by atoms with Gasteiger partial charge in [-0.3, -0.25) is 28.8 Å². The number of ether oxygens (including phenoxy) is 3. The van der Waals surface area contributed by atoms with Gasteiger partial charge in [-0.25, -0.2) is 15.0 Å². The number of fused-ring (bicyclic) bond motifs is 1. The summed E-state index contributed by atoms with van der Waals surface area (Å²) in [4.78, 5) is 113. The molecule has 10 fully saturated rings. The van der Waals surface area contributed by atoms with E-state index in [9.17, 15) is 28.8 Å². The predicted octanol–water partition coefficient (Wildman–Crippen LogP) is 8.59. The van der Waals surface area contributed by atoms with Crippen molar-refractivity contribution in [1.82, 2.24) is 76.3 Å². The molecule has 122 heavy (non-hydrogen) atoms. The van der Waals surface area contributed by atoms with Gasteiger partial charge in [0.05, 0.1) is 16.7 Å². The Hall–Kier alpha value is -10.8. The maximum Gasteiger partial charge on any atom is 0.255 e. The molecule has 1 saturated carbocycles. The number of aromatic nitrogens is 3. The highest BCUT2D eigenvalue weighted by Crippen LogP contribution is 2.39. The second-order valence-corrected chi connectivity index (χ2v) is 34.3. The van der Waals surface area contributed by atoms with Crippen LogP contribution in [0.15, 0.2) is 134 Å². The van der Waals surface area contributed by atoms with Crippen LogP contribution in [0.5, 0.6) is 17.6 Å². The number of carbonyl (C=O) groups is 6. The third-order valence-corrected chi connectivity index (χ3v) is 25.4. The summed E-state index contributed by atoms with van der Waals surface area (Å²) < 4.78 is 18.6. The molecule has 9 aliphatic heterocycles. The highest BCUT2D eigenvalue weighted by atomic mass is 16.5. The lowest BCUT2D eigenvalue weighted by Crippen LogP contribution is -2.50. The number of piperazine rings is 6. The third kappa shape index (κ3) is 20.9. The summed E-state index contributed by atoms with van der Waals surface area (Å²) in [7, 11) is 0. The molecular formula is C95H120N18O9. The molecule has 6 amide bonds. The number of hydrogen-bond donors (Lipinski definition) is 6. The molecule has 3 atom stereocenters. The largest absolute Gasteiger partial charge is 0.473 e. The van der Waals surface area contributed by atoms with E-state index in [2.05, 4.69) is 112 Å². The lowest BCUT2D eigenvalue weighted by molar-refractivity contribution is 0.0535. The van der Waals surface area contributed by atoms with Crippen LogP contribution in [-0.2, 0) is 0 Å². The fraction of sp³-hybridized carbons (Fsp3) is 0.484. The summed E-state index contributed by atoms with van der Waals surface area (Å²) >= 11 is 0. The van der Waals surface area contributed by atoms with Crippen molar-refractivity contribution < 1.29 is 43.0 Å². The summed E-state index contributed by atoms with van der Waals surface area (Å²) in [5.74, 6) is 2.18. The number of benzene rings is 5. The van der Waals surface area contributed by atoms with Gasteiger partial charge in [0.15, 0.2) is 0 Å². The normalized spacial score (nSPS) is 20.4. The molecule has 1 aliphatic carbocycles. The van der Waals surface area contributed by atoms with E-state index in [1.165, 1.54) is 19.3 Å². The fourth-order valence-electron chi connectivity index (χ4n) is 18.5. The molecular weight excluding hydrogens is 1540 g/mol. The second-order valence-electron chi connectivity index (χ2n) is 34.3. The fourth-order valence-corrected chi connectivity index (χ4v) is 18.5. The van der Waals surface area contributed by atoms with E-state index in [0.29, 0.717) is 124 Å². The standard InChI is InChI=1S/C36H40N6O3.C32H44N6O3.C27H36N6O3/c1-25-18-29(21-31(19-25)40-12-10-37-11-13-40)35(43)41-14-16-42(17-15-41)36(44)30-22-33(34(39-23-30)45-32-8-9-38-24-32)28-7-6-26-4-2-3-5-27(26)20-28;1-23-17-25(19-27(18-23)36-11-9-33-10-12-36)31(39)37-13-15-38(16-14-37)32(40)26-20-29(24-5-3-2-4-6-24)30(35-21-26)41-28-7-8-34-22-28;1-19-13-21(16-23(14-19)31-7-5-28-6-8-31)26(34)32-9-11-33(12-10-32)27(35)22-15-20(2)25(30-17-22)36-24-3-4-29-18-24/h2-7,18-23,32,37-38H,8-17,24H2,1H3;17-21,24,28,33-34H,2-16,22H2,1H3;13-17,24,28-29H,3-12,18H2,1-2H3/t32-;28-;24-/m000/s1. The lowest BCUT2D eigenvalue weighted by atomic mass is 9.84. The second kappa shape index (κ2) is 40.0. The predicted molar refractivity (Wildman–Crippen MR) is 476 cm³/mol. The molecule has 8 aromatic rings. The van der Waals surface area contributed by atoms with Gasteiger partial charge in [-0.15, -0.1) is 0 Å². The molecule has 0 unspecified atom stereocenters. The molecule has 644 valence electrons. The topological polar surface area (TPSA) is 270 Å². The third-order valence-electron chi connectivity index (χ3n) is 25.4. The number of carbonyl (C=O) groups excluding carboxylic acids is 6. The Labute approximate surface area is 716 Å². The number of aryl methyl sites for hydroxylation is 4. The minimum absolute atomic E-state index is 0.00714. The van der Waals surface area contributed by atoms with Gasteiger partial charge in [-0.05, 0) is 197 Å². The van der Waals surface area contributed by atoms with E-state index < -0.39 is 0 Å². The van der Waals surface area contributed by atoms with Crippen molar-refractivity contribution in [2.75, 3.05) is 211 Å². The van der Waals surface area contributed by atoms with Crippen molar-refractivity contribution in [1.29, 1.82) is 0 Å². The summed E-state index contributed by atoms with van der Waals surface area (Å²) in [6.45, 7) is 30.7. The number of hydrogen-bond acceptors (Lipinski definition) is 21. The Balaban J connectivity index is 0.000000137. The molecule has 9 saturated heterocycles. The SMILES string of the molecule is Cc1cc(C(=O)N2CCN(C(=O)c3cnc(O[C@H]4CCNC4)c(-c4ccc5ccccc5c4)c3)CC2)cc(N2CCNCC2)c1.Cc1cc(C(=O)N2CCN(C(=O)c3cnc(O[C@H]4CCNC4)c(C)c3)CC2)cc(N2CCNCC2)c1.Cc1cc(C(=O)N2CCN(C(=O)c3cnc(O[C@H]4CCNC4)c(C4CCCCC4)c3)CC2)cc(N2CCNCC2)c1. The summed E-state index contributed by atoms with van der Waals surface area (Å²) in [5, 5.41) is 22.4. The molecule has 0 radical (unpaired) electrons. The number of nitrogens with zero attached hydrogens (tertiary/aromatic N) is 12. The van der Waals surface area contributed by atoms with Crippen molar-refractivity contribution >= 4 is 63.3 Å². The first-order valence-electron chi connectivity index (χ1n) is 44.6. The molecule has 27 heteroatoms. The van der Waals surface area contributed by atoms with E-state index in [1.807, 2.05) is 117 Å². The van der Waals surface area contributed by atoms with E-state index in [0.717, 1.165) is 228 Å². The van der Waals surface area contributed by atoms with E-state index >= 15 is 0 Å². The maximum atomic E-state index is 13.8. The highest BCUT2D eigenvalue weighted by Gasteiger charge is 2.34. The van der Waals surface area contributed by atoms with Crippen LogP contribution in [0.3, 0.4) is 0 Å². The molecule has 3 aromatic heterocycles. The Kier molecular flexibility index (Phi) is 27.8. The van der Waals surface area contributed by atoms with Crippen LogP contribution in [-0.4, -0.2) is 294 Å². The van der Waals surface area contributed by atoms with Gasteiger partial charge in [0, 0.05) is 246 Å². The van der Waals surface area contributed by atoms with Crippen LogP contribution >= 0.6 is 0 Å². The Morgan fingerprint density at radius 3 is 1.07 bits per heavy atom. The molecule has 27 nitrogen and oxygen atoms in total. The van der Waals surface area contributed by atoms with Crippen LogP contribution in [0.25, 0.3) is 21.9 Å². The van der Waals surface area contributed by atoms with Crippen molar-refractivity contribution in [3.8, 4) is 28.8 Å². The van der Waals surface area contributed by atoms with Gasteiger partial charge < -0.3 is 90.2 Å². The smallest absolute Gasteiger partial charge is 0.255 e. The highest BCUT2D eigenvalue weighted by molar-refractivity contribution is 6.00. The van der Waals surface area contributed by atoms with Crippen LogP contribution in [0, 0.1) is 27.7 Å². The minimum atomic E-state index is -0.0812. The summed E-state index contributed by atoms with van der Waals surface area (Å²) in [6.07, 6.45) is 14.0. The minimum Gasteiger partial charge on any atom is -0.473 e.